The van der Waals surface area contributed by atoms with E-state index in [1.807, 2.05) is 11.8 Å². The summed E-state index contributed by atoms with van der Waals surface area (Å²) in [6, 6.07) is 5.81. The molecule has 0 aromatic heterocycles. The Morgan fingerprint density at radius 3 is 2.48 bits per heavy atom. The van der Waals surface area contributed by atoms with E-state index < -0.39 is 16.0 Å². The van der Waals surface area contributed by atoms with E-state index in [1.54, 1.807) is 0 Å². The van der Waals surface area contributed by atoms with Crippen LogP contribution in [0.5, 0.6) is 0 Å². The Bertz CT molecular complexity index is 727. The summed E-state index contributed by atoms with van der Waals surface area (Å²) in [6.07, 6.45) is 0. The van der Waals surface area contributed by atoms with Crippen LogP contribution in [-0.4, -0.2) is 75.9 Å². The van der Waals surface area contributed by atoms with Gasteiger partial charge in [-0.15, -0.1) is 0 Å². The molecule has 0 atom stereocenters. The maximum absolute atomic E-state index is 12.8. The summed E-state index contributed by atoms with van der Waals surface area (Å²) in [4.78, 5) is 25.2. The van der Waals surface area contributed by atoms with Gasteiger partial charge in [0.15, 0.2) is 0 Å². The summed E-state index contributed by atoms with van der Waals surface area (Å²) in [5, 5.41) is 2.73. The summed E-state index contributed by atoms with van der Waals surface area (Å²) in [7, 11) is -2.44. The predicted molar refractivity (Wildman–Crippen MR) is 91.7 cm³/mol. The van der Waals surface area contributed by atoms with Crippen molar-refractivity contribution in [2.24, 2.45) is 0 Å². The molecule has 1 fully saturated rings. The van der Waals surface area contributed by atoms with E-state index in [9.17, 15) is 18.0 Å². The monoisotopic (exact) mass is 369 g/mol. The Morgan fingerprint density at radius 1 is 1.20 bits per heavy atom. The lowest BCUT2D eigenvalue weighted by molar-refractivity contribution is -0.122. The van der Waals surface area contributed by atoms with Gasteiger partial charge in [0.25, 0.3) is 0 Å². The third-order valence-corrected chi connectivity index (χ3v) is 5.86. The molecule has 138 valence electrons. The number of ether oxygens (including phenoxy) is 1. The van der Waals surface area contributed by atoms with Crippen LogP contribution in [0.1, 0.15) is 17.3 Å². The molecule has 1 aliphatic rings. The first-order chi connectivity index (χ1) is 11.9. The number of benzene rings is 1. The smallest absolute Gasteiger partial charge is 0.337 e. The predicted octanol–water partition coefficient (Wildman–Crippen LogP) is -0.0844. The van der Waals surface area contributed by atoms with E-state index in [4.69, 9.17) is 0 Å². The fraction of sp³-hybridized carbons (Fsp3) is 0.500. The second kappa shape index (κ2) is 8.41. The van der Waals surface area contributed by atoms with E-state index in [-0.39, 0.29) is 22.9 Å². The number of carbonyl (C=O) groups is 2. The normalized spacial score (nSPS) is 16.4. The lowest BCUT2D eigenvalue weighted by atomic mass is 10.2. The number of piperazine rings is 1. The fourth-order valence-corrected chi connectivity index (χ4v) is 4.10. The van der Waals surface area contributed by atoms with Gasteiger partial charge in [0.05, 0.1) is 24.1 Å². The summed E-state index contributed by atoms with van der Waals surface area (Å²) in [5.74, 6) is -0.645. The van der Waals surface area contributed by atoms with E-state index in [2.05, 4.69) is 10.1 Å². The second-order valence-corrected chi connectivity index (χ2v) is 7.59. The van der Waals surface area contributed by atoms with Crippen LogP contribution in [0.4, 0.5) is 0 Å². The van der Waals surface area contributed by atoms with E-state index in [1.165, 1.54) is 35.7 Å². The molecule has 8 nitrogen and oxygen atoms in total. The number of hydrogen-bond donors (Lipinski definition) is 1. The van der Waals surface area contributed by atoms with Crippen molar-refractivity contribution in [2.75, 3.05) is 46.4 Å². The number of amides is 1. The Labute approximate surface area is 147 Å². The third-order valence-electron chi connectivity index (χ3n) is 3.97. The van der Waals surface area contributed by atoms with E-state index >= 15 is 0 Å². The molecule has 0 bridgehead atoms. The second-order valence-electron chi connectivity index (χ2n) is 5.65. The van der Waals surface area contributed by atoms with Crippen molar-refractivity contribution >= 4 is 21.9 Å². The Morgan fingerprint density at radius 2 is 1.88 bits per heavy atom. The zero-order valence-electron chi connectivity index (χ0n) is 14.4. The molecule has 1 saturated heterocycles. The van der Waals surface area contributed by atoms with Crippen LogP contribution in [-0.2, 0) is 19.6 Å². The van der Waals surface area contributed by atoms with Crippen molar-refractivity contribution < 1.29 is 22.7 Å². The Balaban J connectivity index is 2.04. The number of rotatable bonds is 6. The minimum Gasteiger partial charge on any atom is -0.465 e. The van der Waals surface area contributed by atoms with E-state index in [0.29, 0.717) is 32.7 Å². The molecular weight excluding hydrogens is 346 g/mol. The lowest BCUT2D eigenvalue weighted by Gasteiger charge is -2.33. The molecule has 0 aliphatic carbocycles. The number of methoxy groups -OCH3 is 1. The van der Waals surface area contributed by atoms with Gasteiger partial charge in [-0.1, -0.05) is 6.07 Å². The molecule has 1 aromatic carbocycles. The number of carbonyl (C=O) groups excluding carboxylic acids is 2. The summed E-state index contributed by atoms with van der Waals surface area (Å²) in [6.45, 7) is 4.24. The quantitative estimate of drug-likeness (QED) is 0.705. The minimum atomic E-state index is -3.69. The lowest BCUT2D eigenvalue weighted by Crippen LogP contribution is -2.51. The highest BCUT2D eigenvalue weighted by Gasteiger charge is 2.29. The van der Waals surface area contributed by atoms with Gasteiger partial charge >= 0.3 is 5.97 Å². The Hall–Kier alpha value is -1.97. The van der Waals surface area contributed by atoms with Crippen LogP contribution in [0.3, 0.4) is 0 Å². The van der Waals surface area contributed by atoms with Crippen LogP contribution in [0.2, 0.25) is 0 Å². The average Bonchev–Trinajstić information content (AvgIpc) is 2.61. The molecule has 25 heavy (non-hydrogen) atoms. The van der Waals surface area contributed by atoms with Crippen LogP contribution in [0.15, 0.2) is 29.2 Å². The van der Waals surface area contributed by atoms with Crippen molar-refractivity contribution in [2.45, 2.75) is 11.8 Å². The first-order valence-electron chi connectivity index (χ1n) is 8.06. The number of likely N-dealkylation sites (N-methyl/N-ethyl adjacent to an activating group) is 1. The molecule has 1 N–H and O–H groups in total. The first kappa shape index (κ1) is 19.4. The average molecular weight is 369 g/mol. The van der Waals surface area contributed by atoms with Gasteiger partial charge in [-0.2, -0.15) is 4.31 Å². The standard InChI is InChI=1S/C16H23N3O5S/c1-3-17-15(20)12-18-7-9-19(10-8-18)25(22,23)14-6-4-5-13(11-14)16(21)24-2/h4-6,11H,3,7-10,12H2,1-2H3,(H,17,20). The van der Waals surface area contributed by atoms with Crippen LogP contribution in [0.25, 0.3) is 0 Å². The molecule has 0 radical (unpaired) electrons. The highest BCUT2D eigenvalue weighted by molar-refractivity contribution is 7.89. The number of esters is 1. The van der Waals surface area contributed by atoms with Gasteiger partial charge in [0, 0.05) is 32.7 Å². The van der Waals surface area contributed by atoms with Gasteiger partial charge < -0.3 is 10.1 Å². The van der Waals surface area contributed by atoms with Crippen LogP contribution < -0.4 is 5.32 Å². The molecule has 0 spiro atoms. The fourth-order valence-electron chi connectivity index (χ4n) is 2.63. The van der Waals surface area contributed by atoms with Crippen molar-refractivity contribution in [1.82, 2.24) is 14.5 Å². The number of nitrogens with zero attached hydrogens (tertiary/aromatic N) is 2. The highest BCUT2D eigenvalue weighted by Crippen LogP contribution is 2.19. The molecule has 1 heterocycles. The molecule has 9 heteroatoms. The maximum Gasteiger partial charge on any atom is 0.337 e. The largest absolute Gasteiger partial charge is 0.465 e. The topological polar surface area (TPSA) is 96.0 Å². The van der Waals surface area contributed by atoms with Crippen molar-refractivity contribution in [1.29, 1.82) is 0 Å². The molecular formula is C16H23N3O5S. The molecule has 1 aliphatic heterocycles. The molecule has 0 unspecified atom stereocenters. The zero-order valence-corrected chi connectivity index (χ0v) is 15.2. The SMILES string of the molecule is CCNC(=O)CN1CCN(S(=O)(=O)c2cccc(C(=O)OC)c2)CC1. The minimum absolute atomic E-state index is 0.0626. The summed E-state index contributed by atoms with van der Waals surface area (Å²) >= 11 is 0. The maximum atomic E-state index is 12.8. The molecule has 1 amide bonds. The molecule has 0 saturated carbocycles. The van der Waals surface area contributed by atoms with Gasteiger partial charge in [0.1, 0.15) is 0 Å². The van der Waals surface area contributed by atoms with Crippen molar-refractivity contribution in [3.05, 3.63) is 29.8 Å². The van der Waals surface area contributed by atoms with Crippen molar-refractivity contribution in [3.63, 3.8) is 0 Å². The van der Waals surface area contributed by atoms with Crippen LogP contribution >= 0.6 is 0 Å². The summed E-state index contributed by atoms with van der Waals surface area (Å²) < 4.78 is 31.5. The highest BCUT2D eigenvalue weighted by atomic mass is 32.2. The first-order valence-corrected chi connectivity index (χ1v) is 9.50. The van der Waals surface area contributed by atoms with Gasteiger partial charge in [-0.3, -0.25) is 9.69 Å². The van der Waals surface area contributed by atoms with Gasteiger partial charge in [-0.25, -0.2) is 13.2 Å². The van der Waals surface area contributed by atoms with E-state index in [0.717, 1.165) is 0 Å². The number of nitrogens with one attached hydrogen (secondary N) is 1. The zero-order chi connectivity index (χ0) is 18.4. The molecule has 2 rings (SSSR count). The summed E-state index contributed by atoms with van der Waals surface area (Å²) in [5.41, 5.74) is 0.193. The number of sulfonamides is 1. The number of hydrogen-bond acceptors (Lipinski definition) is 6. The molecule has 1 aromatic rings. The van der Waals surface area contributed by atoms with Gasteiger partial charge in [-0.05, 0) is 25.1 Å². The Kier molecular flexibility index (Phi) is 6.51. The van der Waals surface area contributed by atoms with Crippen LogP contribution in [0, 0.1) is 0 Å². The van der Waals surface area contributed by atoms with Gasteiger partial charge in [0.2, 0.25) is 15.9 Å². The third kappa shape index (κ3) is 4.77. The van der Waals surface area contributed by atoms with Crippen molar-refractivity contribution in [3.8, 4) is 0 Å².